The van der Waals surface area contributed by atoms with Crippen molar-refractivity contribution in [3.8, 4) is 0 Å². The number of aryl methyl sites for hydroxylation is 1. The van der Waals surface area contributed by atoms with Gasteiger partial charge in [-0.25, -0.2) is 8.42 Å². The Morgan fingerprint density at radius 2 is 2.16 bits per heavy atom. The summed E-state index contributed by atoms with van der Waals surface area (Å²) in [7, 11) is -3.36. The molecule has 2 rings (SSSR count). The zero-order chi connectivity index (χ0) is 14.0. The second-order valence-corrected chi connectivity index (χ2v) is 8.53. The third kappa shape index (κ3) is 3.15. The summed E-state index contributed by atoms with van der Waals surface area (Å²) in [6.45, 7) is 4.94. The van der Waals surface area contributed by atoms with E-state index in [1.165, 1.54) is 17.8 Å². The number of sulfonamides is 1. The minimum Gasteiger partial charge on any atom is -0.207 e. The first-order valence-electron chi connectivity index (χ1n) is 6.64. The van der Waals surface area contributed by atoms with Gasteiger partial charge in [0, 0.05) is 22.8 Å². The van der Waals surface area contributed by atoms with Gasteiger partial charge in [-0.3, -0.25) is 0 Å². The highest BCUT2D eigenvalue weighted by Gasteiger charge is 2.30. The molecule has 1 aromatic rings. The lowest BCUT2D eigenvalue weighted by Crippen LogP contribution is -2.37. The molecular formula is C13H20ClNO2S2. The highest BCUT2D eigenvalue weighted by molar-refractivity contribution is 7.89. The number of alkyl halides is 1. The molecule has 0 atom stereocenters. The fourth-order valence-corrected chi connectivity index (χ4v) is 5.57. The third-order valence-corrected chi connectivity index (χ3v) is 7.41. The van der Waals surface area contributed by atoms with E-state index >= 15 is 0 Å². The second-order valence-electron chi connectivity index (χ2n) is 5.02. The predicted molar refractivity (Wildman–Crippen MR) is 80.4 cm³/mol. The number of rotatable bonds is 6. The van der Waals surface area contributed by atoms with E-state index in [2.05, 4.69) is 0 Å². The first-order valence-corrected chi connectivity index (χ1v) is 9.43. The van der Waals surface area contributed by atoms with E-state index in [1.54, 1.807) is 10.4 Å². The highest BCUT2D eigenvalue weighted by atomic mass is 35.5. The Kier molecular flexibility index (Phi) is 4.93. The number of hydrogen-bond acceptors (Lipinski definition) is 3. The van der Waals surface area contributed by atoms with Gasteiger partial charge in [-0.1, -0.05) is 13.3 Å². The zero-order valence-corrected chi connectivity index (χ0v) is 13.7. The van der Waals surface area contributed by atoms with Crippen molar-refractivity contribution in [1.82, 2.24) is 4.31 Å². The van der Waals surface area contributed by atoms with Crippen LogP contribution >= 0.6 is 22.9 Å². The van der Waals surface area contributed by atoms with E-state index < -0.39 is 10.0 Å². The molecular weight excluding hydrogens is 302 g/mol. The lowest BCUT2D eigenvalue weighted by atomic mass is 9.85. The predicted octanol–water partition coefficient (Wildman–Crippen LogP) is 3.61. The lowest BCUT2D eigenvalue weighted by Gasteiger charge is -2.31. The molecule has 108 valence electrons. The summed E-state index contributed by atoms with van der Waals surface area (Å²) in [5, 5.41) is 0. The minimum atomic E-state index is -3.36. The summed E-state index contributed by atoms with van der Waals surface area (Å²) in [6, 6.07) is 1.73. The maximum atomic E-state index is 12.7. The molecule has 1 aliphatic rings. The van der Waals surface area contributed by atoms with Crippen LogP contribution in [0.5, 0.6) is 0 Å². The Hall–Kier alpha value is -0.100. The van der Waals surface area contributed by atoms with Crippen LogP contribution in [0.3, 0.4) is 0 Å². The van der Waals surface area contributed by atoms with Crippen LogP contribution in [-0.2, 0) is 15.9 Å². The fourth-order valence-electron chi connectivity index (χ4n) is 2.35. The molecule has 0 N–H and O–H groups in total. The van der Waals surface area contributed by atoms with Crippen molar-refractivity contribution in [1.29, 1.82) is 0 Å². The summed E-state index contributed by atoms with van der Waals surface area (Å²) >= 11 is 7.26. The molecule has 0 amide bonds. The van der Waals surface area contributed by atoms with Gasteiger partial charge in [0.1, 0.15) is 0 Å². The van der Waals surface area contributed by atoms with Crippen molar-refractivity contribution in [3.63, 3.8) is 0 Å². The summed E-state index contributed by atoms with van der Waals surface area (Å²) in [6.07, 6.45) is 3.54. The maximum Gasteiger partial charge on any atom is 0.244 e. The van der Waals surface area contributed by atoms with Crippen LogP contribution in [0, 0.1) is 12.8 Å². The maximum absolute atomic E-state index is 12.7. The summed E-state index contributed by atoms with van der Waals surface area (Å²) in [5.41, 5.74) is 0. The van der Waals surface area contributed by atoms with Crippen LogP contribution in [0.25, 0.3) is 0 Å². The molecule has 0 saturated heterocycles. The quantitative estimate of drug-likeness (QED) is 0.751. The third-order valence-electron chi connectivity index (χ3n) is 3.71. The first kappa shape index (κ1) is 15.3. The summed E-state index contributed by atoms with van der Waals surface area (Å²) in [4.78, 5) is 2.19. The highest BCUT2D eigenvalue weighted by Crippen LogP contribution is 2.32. The zero-order valence-electron chi connectivity index (χ0n) is 11.4. The minimum absolute atomic E-state index is 0.371. The normalized spacial score (nSPS) is 16.8. The Balaban J connectivity index is 2.24. The number of nitrogens with zero attached hydrogens (tertiary/aromatic N) is 1. The molecule has 0 aliphatic heterocycles. The molecule has 1 fully saturated rings. The van der Waals surface area contributed by atoms with Gasteiger partial charge in [0.25, 0.3) is 0 Å². The van der Waals surface area contributed by atoms with Crippen LogP contribution in [0.1, 0.15) is 35.9 Å². The van der Waals surface area contributed by atoms with Crippen molar-refractivity contribution >= 4 is 33.0 Å². The standard InChI is InChI=1S/C13H20ClNO2S2/c1-3-15(9-11-5-4-6-11)19(16,17)13-7-12(8-14)18-10(13)2/h7,11H,3-6,8-9H2,1-2H3. The van der Waals surface area contributed by atoms with Crippen LogP contribution in [-0.4, -0.2) is 25.8 Å². The molecule has 1 saturated carbocycles. The molecule has 19 heavy (non-hydrogen) atoms. The molecule has 6 heteroatoms. The topological polar surface area (TPSA) is 37.4 Å². The van der Waals surface area contributed by atoms with Gasteiger partial charge in [0.05, 0.1) is 10.8 Å². The molecule has 3 nitrogen and oxygen atoms in total. The van der Waals surface area contributed by atoms with Gasteiger partial charge in [-0.15, -0.1) is 22.9 Å². The van der Waals surface area contributed by atoms with Gasteiger partial charge in [-0.05, 0) is 31.7 Å². The number of hydrogen-bond donors (Lipinski definition) is 0. The lowest BCUT2D eigenvalue weighted by molar-refractivity contribution is 0.250. The van der Waals surface area contributed by atoms with Crippen molar-refractivity contribution in [3.05, 3.63) is 15.8 Å². The van der Waals surface area contributed by atoms with Crippen molar-refractivity contribution in [2.24, 2.45) is 5.92 Å². The second kappa shape index (κ2) is 6.12. The summed E-state index contributed by atoms with van der Waals surface area (Å²) in [5.74, 6) is 0.914. The first-order chi connectivity index (χ1) is 8.98. The summed E-state index contributed by atoms with van der Waals surface area (Å²) < 4.78 is 27.0. The molecule has 0 aromatic carbocycles. The van der Waals surface area contributed by atoms with E-state index in [9.17, 15) is 8.42 Å². The van der Waals surface area contributed by atoms with Crippen molar-refractivity contribution in [2.45, 2.75) is 43.9 Å². The fraction of sp³-hybridized carbons (Fsp3) is 0.692. The Bertz CT molecular complexity index is 535. The van der Waals surface area contributed by atoms with Crippen LogP contribution < -0.4 is 0 Å². The van der Waals surface area contributed by atoms with Gasteiger partial charge in [-0.2, -0.15) is 4.31 Å². The monoisotopic (exact) mass is 321 g/mol. The van der Waals surface area contributed by atoms with Crippen molar-refractivity contribution in [2.75, 3.05) is 13.1 Å². The number of thiophene rings is 1. The van der Waals surface area contributed by atoms with Crippen molar-refractivity contribution < 1.29 is 8.42 Å². The van der Waals surface area contributed by atoms with Gasteiger partial charge >= 0.3 is 0 Å². The largest absolute Gasteiger partial charge is 0.244 e. The van der Waals surface area contributed by atoms with E-state index in [-0.39, 0.29) is 0 Å². The van der Waals surface area contributed by atoms with Gasteiger partial charge in [0.15, 0.2) is 0 Å². The van der Waals surface area contributed by atoms with Gasteiger partial charge in [0.2, 0.25) is 10.0 Å². The van der Waals surface area contributed by atoms with Gasteiger partial charge < -0.3 is 0 Å². The average Bonchev–Trinajstić information content (AvgIpc) is 2.69. The SMILES string of the molecule is CCN(CC1CCC1)S(=O)(=O)c1cc(CCl)sc1C. The van der Waals surface area contributed by atoms with Crippen LogP contribution in [0.4, 0.5) is 0 Å². The number of halogens is 1. The van der Waals surface area contributed by atoms with E-state index in [0.29, 0.717) is 29.8 Å². The Morgan fingerprint density at radius 1 is 1.47 bits per heavy atom. The molecule has 0 unspecified atom stereocenters. The smallest absolute Gasteiger partial charge is 0.207 e. The molecule has 1 aliphatic carbocycles. The van der Waals surface area contributed by atoms with E-state index in [1.807, 2.05) is 13.8 Å². The molecule has 1 aromatic heterocycles. The van der Waals surface area contributed by atoms with Crippen LogP contribution in [0.15, 0.2) is 11.0 Å². The molecule has 0 bridgehead atoms. The van der Waals surface area contributed by atoms with E-state index in [0.717, 1.165) is 22.6 Å². The molecule has 1 heterocycles. The van der Waals surface area contributed by atoms with E-state index in [4.69, 9.17) is 11.6 Å². The van der Waals surface area contributed by atoms with Crippen LogP contribution in [0.2, 0.25) is 0 Å². The average molecular weight is 322 g/mol. The molecule has 0 spiro atoms. The Morgan fingerprint density at radius 3 is 2.58 bits per heavy atom. The Labute approximate surface area is 124 Å². The molecule has 0 radical (unpaired) electrons.